The molecule has 0 radical (unpaired) electrons. The Balaban J connectivity index is 1.77. The Labute approximate surface area is 243 Å². The van der Waals surface area contributed by atoms with Crippen molar-refractivity contribution < 1.29 is 18.7 Å². The highest BCUT2D eigenvalue weighted by molar-refractivity contribution is 7.99. The van der Waals surface area contributed by atoms with E-state index in [0.717, 1.165) is 10.5 Å². The number of ether oxygens (including phenoxy) is 2. The topological polar surface area (TPSA) is 115 Å². The predicted molar refractivity (Wildman–Crippen MR) is 158 cm³/mol. The molecule has 4 aromatic rings. The van der Waals surface area contributed by atoms with E-state index in [0.29, 0.717) is 28.8 Å². The van der Waals surface area contributed by atoms with Crippen molar-refractivity contribution in [3.05, 3.63) is 84.2 Å². The van der Waals surface area contributed by atoms with Gasteiger partial charge in [-0.05, 0) is 84.3 Å². The van der Waals surface area contributed by atoms with Crippen molar-refractivity contribution in [3.8, 4) is 11.5 Å². The standard InChI is InChI=1S/C30H33FN6O3S/c1-19(2)15-26(32)27(38)37(18-20-7-5-10-24(16-20)40-4)29-34-28(33-22-9-6-8-21(31)17-22)35-30(36-29)41-25-13-11-23(39-3)12-14-25/h5-14,16-17,19,26H,15,18,32H2,1-4H3,(H,33,34,35,36)/t26-/m0/s1. The van der Waals surface area contributed by atoms with Crippen molar-refractivity contribution in [2.75, 3.05) is 24.4 Å². The lowest BCUT2D eigenvalue weighted by atomic mass is 10.0. The summed E-state index contributed by atoms with van der Waals surface area (Å²) in [5.74, 6) is 1.10. The molecule has 1 amide bonds. The number of nitrogens with zero attached hydrogens (tertiary/aromatic N) is 4. The van der Waals surface area contributed by atoms with Gasteiger partial charge in [-0.1, -0.05) is 32.0 Å². The average molecular weight is 577 g/mol. The number of amides is 1. The molecule has 1 heterocycles. The molecule has 0 aliphatic rings. The van der Waals surface area contributed by atoms with Crippen LogP contribution < -0.4 is 25.4 Å². The molecule has 3 N–H and O–H groups in total. The molecule has 0 unspecified atom stereocenters. The molecule has 1 atom stereocenters. The molecule has 41 heavy (non-hydrogen) atoms. The average Bonchev–Trinajstić information content (AvgIpc) is 2.95. The highest BCUT2D eigenvalue weighted by Gasteiger charge is 2.27. The van der Waals surface area contributed by atoms with Crippen LogP contribution in [-0.2, 0) is 11.3 Å². The Morgan fingerprint density at radius 1 is 0.976 bits per heavy atom. The van der Waals surface area contributed by atoms with E-state index >= 15 is 0 Å². The second kappa shape index (κ2) is 13.9. The third-order valence-electron chi connectivity index (χ3n) is 5.98. The number of nitrogens with one attached hydrogen (secondary N) is 1. The predicted octanol–water partition coefficient (Wildman–Crippen LogP) is 5.83. The number of anilines is 3. The van der Waals surface area contributed by atoms with Gasteiger partial charge in [-0.3, -0.25) is 9.69 Å². The first-order valence-corrected chi connectivity index (χ1v) is 13.9. The molecule has 1 aromatic heterocycles. The van der Waals surface area contributed by atoms with Crippen LogP contribution in [0.1, 0.15) is 25.8 Å². The molecule has 214 valence electrons. The molecular weight excluding hydrogens is 543 g/mol. The van der Waals surface area contributed by atoms with Crippen LogP contribution in [0, 0.1) is 11.7 Å². The molecule has 9 nitrogen and oxygen atoms in total. The summed E-state index contributed by atoms with van der Waals surface area (Å²) in [6.45, 7) is 4.16. The summed E-state index contributed by atoms with van der Waals surface area (Å²) in [5.41, 5.74) is 7.63. The minimum absolute atomic E-state index is 0.113. The molecule has 0 spiro atoms. The fraction of sp³-hybridized carbons (Fsp3) is 0.267. The minimum Gasteiger partial charge on any atom is -0.497 e. The quantitative estimate of drug-likeness (QED) is 0.215. The van der Waals surface area contributed by atoms with E-state index in [1.54, 1.807) is 26.4 Å². The number of benzene rings is 3. The van der Waals surface area contributed by atoms with Gasteiger partial charge in [0.15, 0.2) is 5.16 Å². The molecule has 0 saturated carbocycles. The lowest BCUT2D eigenvalue weighted by Gasteiger charge is -2.25. The van der Waals surface area contributed by atoms with E-state index in [1.165, 1.54) is 28.8 Å². The fourth-order valence-corrected chi connectivity index (χ4v) is 4.76. The van der Waals surface area contributed by atoms with Gasteiger partial charge in [0.2, 0.25) is 17.8 Å². The number of halogens is 1. The minimum atomic E-state index is -0.769. The SMILES string of the molecule is COc1ccc(Sc2nc(Nc3cccc(F)c3)nc(N(Cc3cccc(OC)c3)C(=O)[C@@H](N)CC(C)C)n2)cc1. The number of hydrogen-bond donors (Lipinski definition) is 2. The van der Waals surface area contributed by atoms with Gasteiger partial charge in [0, 0.05) is 10.6 Å². The summed E-state index contributed by atoms with van der Waals surface area (Å²) < 4.78 is 24.6. The Bertz CT molecular complexity index is 1470. The van der Waals surface area contributed by atoms with Crippen molar-refractivity contribution in [1.29, 1.82) is 0 Å². The third-order valence-corrected chi connectivity index (χ3v) is 6.85. The van der Waals surface area contributed by atoms with E-state index < -0.39 is 11.9 Å². The summed E-state index contributed by atoms with van der Waals surface area (Å²) >= 11 is 1.29. The van der Waals surface area contributed by atoms with E-state index in [9.17, 15) is 9.18 Å². The van der Waals surface area contributed by atoms with Crippen LogP contribution in [0.15, 0.2) is 82.8 Å². The molecule has 0 aliphatic heterocycles. The molecule has 0 aliphatic carbocycles. The van der Waals surface area contributed by atoms with Crippen LogP contribution in [-0.4, -0.2) is 41.1 Å². The summed E-state index contributed by atoms with van der Waals surface area (Å²) in [5, 5.41) is 3.38. The van der Waals surface area contributed by atoms with Crippen LogP contribution in [0.4, 0.5) is 22.0 Å². The number of rotatable bonds is 12. The molecule has 4 rings (SSSR count). The van der Waals surface area contributed by atoms with Crippen molar-refractivity contribution in [2.24, 2.45) is 11.7 Å². The van der Waals surface area contributed by atoms with Gasteiger partial charge in [0.25, 0.3) is 0 Å². The Morgan fingerprint density at radius 2 is 1.71 bits per heavy atom. The van der Waals surface area contributed by atoms with Gasteiger partial charge >= 0.3 is 0 Å². The number of hydrogen-bond acceptors (Lipinski definition) is 9. The Morgan fingerprint density at radius 3 is 2.39 bits per heavy atom. The smallest absolute Gasteiger partial charge is 0.246 e. The fourth-order valence-electron chi connectivity index (χ4n) is 4.02. The van der Waals surface area contributed by atoms with Gasteiger partial charge in [-0.15, -0.1) is 0 Å². The highest BCUT2D eigenvalue weighted by atomic mass is 32.2. The molecule has 0 fully saturated rings. The van der Waals surface area contributed by atoms with Crippen molar-refractivity contribution >= 4 is 35.3 Å². The first kappa shape index (κ1) is 29.8. The zero-order chi connectivity index (χ0) is 29.4. The molecular formula is C30H33FN6O3S. The number of carbonyl (C=O) groups is 1. The Kier molecular flexibility index (Phi) is 10.1. The normalized spacial score (nSPS) is 11.7. The van der Waals surface area contributed by atoms with Crippen LogP contribution in [0.2, 0.25) is 0 Å². The van der Waals surface area contributed by atoms with E-state index in [1.807, 2.05) is 62.4 Å². The van der Waals surface area contributed by atoms with Gasteiger partial charge in [-0.25, -0.2) is 4.39 Å². The third kappa shape index (κ3) is 8.38. The molecule has 0 saturated heterocycles. The van der Waals surface area contributed by atoms with Crippen LogP contribution in [0.3, 0.4) is 0 Å². The zero-order valence-corrected chi connectivity index (χ0v) is 24.2. The summed E-state index contributed by atoms with van der Waals surface area (Å²) in [6.07, 6.45) is 0.486. The number of carbonyl (C=O) groups excluding carboxylic acids is 1. The van der Waals surface area contributed by atoms with Gasteiger partial charge < -0.3 is 20.5 Å². The Hall–Kier alpha value is -4.22. The largest absolute Gasteiger partial charge is 0.497 e. The maximum absolute atomic E-state index is 13.9. The van der Waals surface area contributed by atoms with Crippen LogP contribution in [0.5, 0.6) is 11.5 Å². The number of nitrogens with two attached hydrogens (primary N) is 1. The number of methoxy groups -OCH3 is 2. The van der Waals surface area contributed by atoms with Crippen LogP contribution in [0.25, 0.3) is 0 Å². The molecule has 3 aromatic carbocycles. The van der Waals surface area contributed by atoms with Gasteiger partial charge in [0.1, 0.15) is 17.3 Å². The lowest BCUT2D eigenvalue weighted by Crippen LogP contribution is -2.45. The highest BCUT2D eigenvalue weighted by Crippen LogP contribution is 2.30. The van der Waals surface area contributed by atoms with E-state index in [4.69, 9.17) is 15.2 Å². The van der Waals surface area contributed by atoms with Crippen LogP contribution >= 0.6 is 11.8 Å². The lowest BCUT2D eigenvalue weighted by molar-refractivity contribution is -0.120. The summed E-state index contributed by atoms with van der Waals surface area (Å²) in [4.78, 5) is 29.9. The molecule has 11 heteroatoms. The maximum atomic E-state index is 13.9. The van der Waals surface area contributed by atoms with E-state index in [-0.39, 0.29) is 30.3 Å². The first-order chi connectivity index (χ1) is 19.7. The summed E-state index contributed by atoms with van der Waals surface area (Å²) in [7, 11) is 3.18. The maximum Gasteiger partial charge on any atom is 0.246 e. The van der Waals surface area contributed by atoms with Crippen molar-refractivity contribution in [1.82, 2.24) is 15.0 Å². The van der Waals surface area contributed by atoms with Crippen molar-refractivity contribution in [2.45, 2.75) is 42.9 Å². The second-order valence-electron chi connectivity index (χ2n) is 9.67. The molecule has 0 bridgehead atoms. The monoisotopic (exact) mass is 576 g/mol. The van der Waals surface area contributed by atoms with Crippen molar-refractivity contribution in [3.63, 3.8) is 0 Å². The number of aromatic nitrogens is 3. The zero-order valence-electron chi connectivity index (χ0n) is 23.4. The first-order valence-electron chi connectivity index (χ1n) is 13.0. The van der Waals surface area contributed by atoms with E-state index in [2.05, 4.69) is 20.3 Å². The second-order valence-corrected chi connectivity index (χ2v) is 10.7. The van der Waals surface area contributed by atoms with Gasteiger partial charge in [0.05, 0.1) is 26.8 Å². The summed E-state index contributed by atoms with van der Waals surface area (Å²) in [6, 6.07) is 20.0. The van der Waals surface area contributed by atoms with Gasteiger partial charge in [-0.2, -0.15) is 15.0 Å².